The molecule has 1 unspecified atom stereocenters. The van der Waals surface area contributed by atoms with E-state index in [-0.39, 0.29) is 6.04 Å². The van der Waals surface area contributed by atoms with Gasteiger partial charge in [-0.05, 0) is 26.1 Å². The van der Waals surface area contributed by atoms with Crippen LogP contribution in [-0.2, 0) is 4.74 Å². The Morgan fingerprint density at radius 2 is 2.31 bits per heavy atom. The summed E-state index contributed by atoms with van der Waals surface area (Å²) in [6.45, 7) is 4.92. The van der Waals surface area contributed by atoms with Crippen LogP contribution in [0.2, 0.25) is 0 Å². The second kappa shape index (κ2) is 7.33. The van der Waals surface area contributed by atoms with Crippen molar-refractivity contribution in [2.75, 3.05) is 33.4 Å². The molecule has 0 bridgehead atoms. The van der Waals surface area contributed by atoms with E-state index in [1.165, 1.54) is 0 Å². The van der Waals surface area contributed by atoms with Crippen molar-refractivity contribution in [1.82, 2.24) is 9.88 Å². The van der Waals surface area contributed by atoms with E-state index in [1.807, 2.05) is 32.2 Å². The molecule has 0 saturated heterocycles. The maximum Gasteiger partial charge on any atom is 0.0642 e. The molecule has 1 atom stereocenters. The van der Waals surface area contributed by atoms with E-state index in [0.717, 1.165) is 25.5 Å². The number of nitrogens with zero attached hydrogens (tertiary/aromatic N) is 2. The molecule has 0 fully saturated rings. The first-order valence-corrected chi connectivity index (χ1v) is 5.68. The maximum absolute atomic E-state index is 5.79. The summed E-state index contributed by atoms with van der Waals surface area (Å²) < 4.78 is 5.33. The Morgan fingerprint density at radius 3 is 2.88 bits per heavy atom. The Morgan fingerprint density at radius 1 is 1.50 bits per heavy atom. The normalized spacial score (nSPS) is 13.0. The first-order chi connectivity index (χ1) is 7.79. The molecule has 0 aliphatic rings. The zero-order valence-electron chi connectivity index (χ0n) is 10.1. The Labute approximate surface area is 97.4 Å². The monoisotopic (exact) mass is 223 g/mol. The number of likely N-dealkylation sites (N-methyl/N-ethyl adjacent to an activating group) is 1. The molecule has 0 radical (unpaired) electrons. The van der Waals surface area contributed by atoms with Crippen LogP contribution in [0.4, 0.5) is 0 Å². The smallest absolute Gasteiger partial charge is 0.0642 e. The lowest BCUT2D eigenvalue weighted by molar-refractivity contribution is 0.108. The van der Waals surface area contributed by atoms with E-state index in [4.69, 9.17) is 10.5 Å². The molecule has 0 aliphatic heterocycles. The van der Waals surface area contributed by atoms with E-state index in [0.29, 0.717) is 6.54 Å². The predicted molar refractivity (Wildman–Crippen MR) is 65.2 cm³/mol. The van der Waals surface area contributed by atoms with Crippen molar-refractivity contribution in [2.24, 2.45) is 5.73 Å². The fourth-order valence-corrected chi connectivity index (χ4v) is 1.61. The second-order valence-electron chi connectivity index (χ2n) is 3.68. The molecule has 0 amide bonds. The zero-order chi connectivity index (χ0) is 11.8. The molecule has 16 heavy (non-hydrogen) atoms. The van der Waals surface area contributed by atoms with Crippen molar-refractivity contribution in [3.05, 3.63) is 30.1 Å². The fraction of sp³-hybridized carbons (Fsp3) is 0.583. The van der Waals surface area contributed by atoms with Gasteiger partial charge in [0, 0.05) is 25.9 Å². The van der Waals surface area contributed by atoms with E-state index < -0.39 is 0 Å². The van der Waals surface area contributed by atoms with Gasteiger partial charge in [-0.15, -0.1) is 0 Å². The average molecular weight is 223 g/mol. The van der Waals surface area contributed by atoms with Crippen molar-refractivity contribution in [3.8, 4) is 0 Å². The lowest BCUT2D eigenvalue weighted by Crippen LogP contribution is -2.33. The van der Waals surface area contributed by atoms with Crippen LogP contribution in [0.25, 0.3) is 0 Å². The number of nitrogens with two attached hydrogens (primary N) is 1. The lowest BCUT2D eigenvalue weighted by Gasteiger charge is -2.26. The Balaban J connectivity index is 2.53. The maximum atomic E-state index is 5.79. The summed E-state index contributed by atoms with van der Waals surface area (Å²) in [6.07, 6.45) is 1.80. The molecule has 0 aromatic carbocycles. The number of hydrogen-bond acceptors (Lipinski definition) is 4. The van der Waals surface area contributed by atoms with Crippen LogP contribution >= 0.6 is 0 Å². The minimum Gasteiger partial charge on any atom is -0.380 e. The Hall–Kier alpha value is -0.970. The van der Waals surface area contributed by atoms with Crippen molar-refractivity contribution >= 4 is 0 Å². The first-order valence-electron chi connectivity index (χ1n) is 5.68. The molecular weight excluding hydrogens is 202 g/mol. The molecule has 90 valence electrons. The highest BCUT2D eigenvalue weighted by Crippen LogP contribution is 2.14. The number of hydrogen-bond donors (Lipinski definition) is 1. The number of ether oxygens (including phenoxy) is 1. The molecular formula is C12H21N3O. The van der Waals surface area contributed by atoms with Gasteiger partial charge in [-0.25, -0.2) is 0 Å². The molecule has 4 heteroatoms. The van der Waals surface area contributed by atoms with Gasteiger partial charge in [0.15, 0.2) is 0 Å². The SMILES string of the molecule is CCOCCN(C)C(CN)c1ccccn1. The van der Waals surface area contributed by atoms with E-state index in [2.05, 4.69) is 9.88 Å². The molecule has 1 heterocycles. The van der Waals surface area contributed by atoms with Gasteiger partial charge >= 0.3 is 0 Å². The molecule has 0 spiro atoms. The minimum absolute atomic E-state index is 0.168. The molecule has 4 nitrogen and oxygen atoms in total. The van der Waals surface area contributed by atoms with Gasteiger partial charge in [0.1, 0.15) is 0 Å². The summed E-state index contributed by atoms with van der Waals surface area (Å²) in [6, 6.07) is 6.08. The van der Waals surface area contributed by atoms with Crippen molar-refractivity contribution < 1.29 is 4.74 Å². The molecule has 2 N–H and O–H groups in total. The van der Waals surface area contributed by atoms with Crippen LogP contribution in [-0.4, -0.2) is 43.2 Å². The summed E-state index contributed by atoms with van der Waals surface area (Å²) in [5.41, 5.74) is 6.81. The van der Waals surface area contributed by atoms with Gasteiger partial charge < -0.3 is 10.5 Å². The van der Waals surface area contributed by atoms with Gasteiger partial charge in [0.2, 0.25) is 0 Å². The fourth-order valence-electron chi connectivity index (χ4n) is 1.61. The minimum atomic E-state index is 0.168. The number of pyridine rings is 1. The summed E-state index contributed by atoms with van der Waals surface area (Å²) in [7, 11) is 2.05. The van der Waals surface area contributed by atoms with Crippen LogP contribution in [0.3, 0.4) is 0 Å². The lowest BCUT2D eigenvalue weighted by atomic mass is 10.1. The predicted octanol–water partition coefficient (Wildman–Crippen LogP) is 1.05. The molecule has 1 aromatic heterocycles. The van der Waals surface area contributed by atoms with E-state index >= 15 is 0 Å². The molecule has 0 aliphatic carbocycles. The molecule has 1 rings (SSSR count). The topological polar surface area (TPSA) is 51.4 Å². The van der Waals surface area contributed by atoms with Gasteiger partial charge in [-0.3, -0.25) is 9.88 Å². The number of rotatable bonds is 7. The van der Waals surface area contributed by atoms with E-state index in [9.17, 15) is 0 Å². The highest BCUT2D eigenvalue weighted by molar-refractivity contribution is 5.09. The molecule has 1 aromatic rings. The van der Waals surface area contributed by atoms with Crippen molar-refractivity contribution in [1.29, 1.82) is 0 Å². The van der Waals surface area contributed by atoms with Crippen LogP contribution in [0.1, 0.15) is 18.7 Å². The van der Waals surface area contributed by atoms with Crippen molar-refractivity contribution in [3.63, 3.8) is 0 Å². The third-order valence-corrected chi connectivity index (χ3v) is 2.58. The number of aromatic nitrogens is 1. The standard InChI is InChI=1S/C12H21N3O/c1-3-16-9-8-15(2)12(10-13)11-6-4-5-7-14-11/h4-7,12H,3,8-10,13H2,1-2H3. The third kappa shape index (κ3) is 3.89. The Kier molecular flexibility index (Phi) is 6.00. The second-order valence-corrected chi connectivity index (χ2v) is 3.68. The summed E-state index contributed by atoms with van der Waals surface area (Å²) in [5, 5.41) is 0. The largest absolute Gasteiger partial charge is 0.380 e. The Bertz CT molecular complexity index is 279. The van der Waals surface area contributed by atoms with Gasteiger partial charge in [0.05, 0.1) is 18.3 Å². The molecule has 0 saturated carbocycles. The van der Waals surface area contributed by atoms with Crippen LogP contribution in [0, 0.1) is 0 Å². The van der Waals surface area contributed by atoms with Crippen LogP contribution in [0.15, 0.2) is 24.4 Å². The van der Waals surface area contributed by atoms with Gasteiger partial charge in [0.25, 0.3) is 0 Å². The van der Waals surface area contributed by atoms with Crippen LogP contribution in [0.5, 0.6) is 0 Å². The quantitative estimate of drug-likeness (QED) is 0.702. The van der Waals surface area contributed by atoms with E-state index in [1.54, 1.807) is 6.20 Å². The van der Waals surface area contributed by atoms with Crippen molar-refractivity contribution in [2.45, 2.75) is 13.0 Å². The zero-order valence-corrected chi connectivity index (χ0v) is 10.1. The summed E-state index contributed by atoms with van der Waals surface area (Å²) in [4.78, 5) is 6.52. The summed E-state index contributed by atoms with van der Waals surface area (Å²) >= 11 is 0. The van der Waals surface area contributed by atoms with Gasteiger partial charge in [-0.1, -0.05) is 6.07 Å². The summed E-state index contributed by atoms with van der Waals surface area (Å²) in [5.74, 6) is 0. The van der Waals surface area contributed by atoms with Crippen LogP contribution < -0.4 is 5.73 Å². The first kappa shape index (κ1) is 13.1. The highest BCUT2D eigenvalue weighted by Gasteiger charge is 2.15. The van der Waals surface area contributed by atoms with Gasteiger partial charge in [-0.2, -0.15) is 0 Å². The average Bonchev–Trinajstić information content (AvgIpc) is 2.32. The third-order valence-electron chi connectivity index (χ3n) is 2.58. The highest BCUT2D eigenvalue weighted by atomic mass is 16.5.